The Hall–Kier alpha value is -2.58. The van der Waals surface area contributed by atoms with Crippen LogP contribution >= 0.6 is 11.3 Å². The molecule has 1 amide bonds. The van der Waals surface area contributed by atoms with Crippen LogP contribution in [0.4, 0.5) is 4.39 Å². The van der Waals surface area contributed by atoms with Crippen LogP contribution in [-0.2, 0) is 17.9 Å². The first-order valence-corrected chi connectivity index (χ1v) is 8.46. The number of carbonyl (C=O) groups excluding carboxylic acids is 1. The lowest BCUT2D eigenvalue weighted by atomic mass is 10.2. The number of halogens is 1. The second-order valence-corrected chi connectivity index (χ2v) is 6.32. The third kappa shape index (κ3) is 3.92. The van der Waals surface area contributed by atoms with Crippen molar-refractivity contribution >= 4 is 17.2 Å². The SMILES string of the molecule is COCc1nc(C(=O)NCc2ccc(-n3ccnc3C)c(F)c2)cs1. The van der Waals surface area contributed by atoms with Crippen LogP contribution in [-0.4, -0.2) is 27.6 Å². The average Bonchev–Trinajstić information content (AvgIpc) is 3.22. The Labute approximate surface area is 148 Å². The molecule has 0 unspecified atom stereocenters. The van der Waals surface area contributed by atoms with Crippen molar-refractivity contribution in [3.63, 3.8) is 0 Å². The Morgan fingerprint density at radius 2 is 2.28 bits per heavy atom. The van der Waals surface area contributed by atoms with Gasteiger partial charge in [0.25, 0.3) is 5.91 Å². The largest absolute Gasteiger partial charge is 0.378 e. The van der Waals surface area contributed by atoms with E-state index in [-0.39, 0.29) is 18.3 Å². The molecule has 25 heavy (non-hydrogen) atoms. The Kier molecular flexibility index (Phi) is 5.20. The maximum atomic E-state index is 14.3. The molecule has 0 saturated heterocycles. The van der Waals surface area contributed by atoms with Crippen LogP contribution in [0.3, 0.4) is 0 Å². The Morgan fingerprint density at radius 1 is 1.44 bits per heavy atom. The molecule has 0 saturated carbocycles. The summed E-state index contributed by atoms with van der Waals surface area (Å²) in [6, 6.07) is 4.85. The fourth-order valence-corrected chi connectivity index (χ4v) is 3.11. The number of amides is 1. The molecule has 8 heteroatoms. The van der Waals surface area contributed by atoms with E-state index in [4.69, 9.17) is 4.74 Å². The number of thiazole rings is 1. The highest BCUT2D eigenvalue weighted by Crippen LogP contribution is 2.17. The first-order valence-electron chi connectivity index (χ1n) is 7.58. The fourth-order valence-electron chi connectivity index (χ4n) is 2.37. The van der Waals surface area contributed by atoms with Gasteiger partial charge in [0, 0.05) is 31.4 Å². The van der Waals surface area contributed by atoms with Crippen molar-refractivity contribution in [1.82, 2.24) is 19.9 Å². The molecular weight excluding hydrogens is 343 g/mol. The van der Waals surface area contributed by atoms with Crippen LogP contribution in [0.2, 0.25) is 0 Å². The van der Waals surface area contributed by atoms with Gasteiger partial charge < -0.3 is 14.6 Å². The molecule has 0 aliphatic rings. The van der Waals surface area contributed by atoms with Crippen molar-refractivity contribution in [3.8, 4) is 5.69 Å². The molecular formula is C17H17FN4O2S. The highest BCUT2D eigenvalue weighted by Gasteiger charge is 2.12. The minimum Gasteiger partial charge on any atom is -0.378 e. The number of hydrogen-bond acceptors (Lipinski definition) is 5. The zero-order valence-electron chi connectivity index (χ0n) is 13.8. The Balaban J connectivity index is 1.66. The summed E-state index contributed by atoms with van der Waals surface area (Å²) >= 11 is 1.36. The average molecular weight is 360 g/mol. The van der Waals surface area contributed by atoms with Gasteiger partial charge in [-0.05, 0) is 24.6 Å². The molecule has 3 aromatic rings. The van der Waals surface area contributed by atoms with Gasteiger partial charge in [0.1, 0.15) is 22.3 Å². The standard InChI is InChI=1S/C17H17FN4O2S/c1-11-19-5-6-22(11)15-4-3-12(7-13(15)18)8-20-17(23)14-10-25-16(21-14)9-24-2/h3-7,10H,8-9H2,1-2H3,(H,20,23). The maximum absolute atomic E-state index is 14.3. The van der Waals surface area contributed by atoms with Gasteiger partial charge in [0.15, 0.2) is 0 Å². The normalized spacial score (nSPS) is 10.8. The summed E-state index contributed by atoms with van der Waals surface area (Å²) in [5.74, 6) is 0.0350. The van der Waals surface area contributed by atoms with Crippen LogP contribution in [0.5, 0.6) is 0 Å². The molecule has 0 spiro atoms. The zero-order chi connectivity index (χ0) is 17.8. The van der Waals surface area contributed by atoms with E-state index in [1.165, 1.54) is 17.4 Å². The number of rotatable bonds is 6. The summed E-state index contributed by atoms with van der Waals surface area (Å²) in [4.78, 5) is 20.4. The van der Waals surface area contributed by atoms with E-state index in [2.05, 4.69) is 15.3 Å². The van der Waals surface area contributed by atoms with E-state index in [9.17, 15) is 9.18 Å². The highest BCUT2D eigenvalue weighted by molar-refractivity contribution is 7.09. The summed E-state index contributed by atoms with van der Waals surface area (Å²) in [5.41, 5.74) is 1.43. The number of carbonyl (C=O) groups is 1. The number of methoxy groups -OCH3 is 1. The minimum atomic E-state index is -0.371. The van der Waals surface area contributed by atoms with Crippen LogP contribution in [0.25, 0.3) is 5.69 Å². The molecule has 2 heterocycles. The lowest BCUT2D eigenvalue weighted by molar-refractivity contribution is 0.0946. The van der Waals surface area contributed by atoms with Crippen molar-refractivity contribution in [1.29, 1.82) is 0 Å². The van der Waals surface area contributed by atoms with Gasteiger partial charge in [0.05, 0.1) is 12.3 Å². The summed E-state index contributed by atoms with van der Waals surface area (Å²) in [7, 11) is 1.57. The lowest BCUT2D eigenvalue weighted by Gasteiger charge is -2.09. The molecule has 2 aromatic heterocycles. The van der Waals surface area contributed by atoms with Gasteiger partial charge in [-0.3, -0.25) is 4.79 Å². The van der Waals surface area contributed by atoms with E-state index in [0.29, 0.717) is 29.4 Å². The van der Waals surface area contributed by atoms with Crippen LogP contribution in [0, 0.1) is 12.7 Å². The van der Waals surface area contributed by atoms with E-state index in [1.807, 2.05) is 0 Å². The van der Waals surface area contributed by atoms with Gasteiger partial charge in [-0.25, -0.2) is 14.4 Å². The number of nitrogens with one attached hydrogen (secondary N) is 1. The molecule has 130 valence electrons. The van der Waals surface area contributed by atoms with E-state index < -0.39 is 0 Å². The van der Waals surface area contributed by atoms with Crippen molar-refractivity contribution < 1.29 is 13.9 Å². The number of nitrogens with zero attached hydrogens (tertiary/aromatic N) is 3. The second-order valence-electron chi connectivity index (χ2n) is 5.37. The molecule has 1 N–H and O–H groups in total. The molecule has 0 fully saturated rings. The number of hydrogen-bond donors (Lipinski definition) is 1. The summed E-state index contributed by atoms with van der Waals surface area (Å²) in [5, 5.41) is 5.15. The number of aromatic nitrogens is 3. The Bertz CT molecular complexity index is 890. The summed E-state index contributed by atoms with van der Waals surface area (Å²) in [6.45, 7) is 2.40. The van der Waals surface area contributed by atoms with Gasteiger partial charge >= 0.3 is 0 Å². The third-order valence-corrected chi connectivity index (χ3v) is 4.42. The number of ether oxygens (including phenoxy) is 1. The van der Waals surface area contributed by atoms with Crippen molar-refractivity contribution in [3.05, 3.63) is 63.9 Å². The predicted molar refractivity (Wildman–Crippen MR) is 92.3 cm³/mol. The molecule has 1 aromatic carbocycles. The maximum Gasteiger partial charge on any atom is 0.271 e. The molecule has 6 nitrogen and oxygen atoms in total. The highest BCUT2D eigenvalue weighted by atomic mass is 32.1. The summed E-state index contributed by atoms with van der Waals surface area (Å²) < 4.78 is 21.0. The minimum absolute atomic E-state index is 0.218. The van der Waals surface area contributed by atoms with Gasteiger partial charge in [-0.2, -0.15) is 0 Å². The number of imidazole rings is 1. The fraction of sp³-hybridized carbons (Fsp3) is 0.235. The molecule has 0 aliphatic carbocycles. The second kappa shape index (κ2) is 7.54. The summed E-state index contributed by atoms with van der Waals surface area (Å²) in [6.07, 6.45) is 3.32. The predicted octanol–water partition coefficient (Wildman–Crippen LogP) is 2.85. The molecule has 0 atom stereocenters. The van der Waals surface area contributed by atoms with Crippen molar-refractivity contribution in [2.24, 2.45) is 0 Å². The third-order valence-electron chi connectivity index (χ3n) is 3.60. The van der Waals surface area contributed by atoms with Gasteiger partial charge in [-0.1, -0.05) is 6.07 Å². The molecule has 3 rings (SSSR count). The van der Waals surface area contributed by atoms with Crippen LogP contribution < -0.4 is 5.32 Å². The number of aryl methyl sites for hydroxylation is 1. The zero-order valence-corrected chi connectivity index (χ0v) is 14.6. The van der Waals surface area contributed by atoms with E-state index >= 15 is 0 Å². The monoisotopic (exact) mass is 360 g/mol. The van der Waals surface area contributed by atoms with Gasteiger partial charge in [0.2, 0.25) is 0 Å². The van der Waals surface area contributed by atoms with E-state index in [1.54, 1.807) is 48.5 Å². The molecule has 0 radical (unpaired) electrons. The Morgan fingerprint density at radius 3 is 2.96 bits per heavy atom. The van der Waals surface area contributed by atoms with E-state index in [0.717, 1.165) is 5.01 Å². The first kappa shape index (κ1) is 17.2. The van der Waals surface area contributed by atoms with Gasteiger partial charge in [-0.15, -0.1) is 11.3 Å². The van der Waals surface area contributed by atoms with Crippen molar-refractivity contribution in [2.45, 2.75) is 20.1 Å². The molecule has 0 bridgehead atoms. The quantitative estimate of drug-likeness (QED) is 0.734. The van der Waals surface area contributed by atoms with Crippen LogP contribution in [0.15, 0.2) is 36.0 Å². The lowest BCUT2D eigenvalue weighted by Crippen LogP contribution is -2.23. The smallest absolute Gasteiger partial charge is 0.271 e. The van der Waals surface area contributed by atoms with Crippen LogP contribution in [0.1, 0.15) is 26.9 Å². The molecule has 0 aliphatic heterocycles. The van der Waals surface area contributed by atoms with Crippen molar-refractivity contribution in [2.75, 3.05) is 7.11 Å². The number of benzene rings is 1. The topological polar surface area (TPSA) is 69.0 Å². The first-order chi connectivity index (χ1) is 12.1.